The quantitative estimate of drug-likeness (QED) is 0.333. The van der Waals surface area contributed by atoms with Crippen molar-refractivity contribution >= 4 is 29.3 Å². The van der Waals surface area contributed by atoms with Gasteiger partial charge in [0.1, 0.15) is 6.61 Å². The summed E-state index contributed by atoms with van der Waals surface area (Å²) in [6, 6.07) is 14.0. The standard InChI is InChI=1S/C23H26N4O5S/c1-4-27-20(14-32-19-12-7-6-11-18(19)30-3)25-26-23(27)33-15-21(28)24-17-10-8-9-16(13-17)22(29)31-5-2/h6-13H,4-5,14-15H2,1-3H3,(H,24,28). The van der Waals surface area contributed by atoms with E-state index in [1.165, 1.54) is 11.8 Å². The van der Waals surface area contributed by atoms with Gasteiger partial charge in [0.2, 0.25) is 5.91 Å². The number of esters is 1. The second-order valence-electron chi connectivity index (χ2n) is 6.72. The molecular weight excluding hydrogens is 444 g/mol. The maximum absolute atomic E-state index is 12.4. The molecular formula is C23H26N4O5S. The topological polar surface area (TPSA) is 105 Å². The van der Waals surface area contributed by atoms with Gasteiger partial charge in [-0.2, -0.15) is 0 Å². The number of para-hydroxylation sites is 2. The van der Waals surface area contributed by atoms with Crippen LogP contribution in [0, 0.1) is 0 Å². The van der Waals surface area contributed by atoms with Gasteiger partial charge in [0, 0.05) is 12.2 Å². The van der Waals surface area contributed by atoms with Gasteiger partial charge in [-0.15, -0.1) is 10.2 Å². The summed E-state index contributed by atoms with van der Waals surface area (Å²) in [6.45, 7) is 4.85. The number of carbonyl (C=O) groups is 2. The number of hydrogen-bond donors (Lipinski definition) is 1. The van der Waals surface area contributed by atoms with Crippen LogP contribution in [0.15, 0.2) is 53.7 Å². The zero-order valence-electron chi connectivity index (χ0n) is 18.7. The van der Waals surface area contributed by atoms with Gasteiger partial charge >= 0.3 is 5.97 Å². The van der Waals surface area contributed by atoms with Gasteiger partial charge in [0.05, 0.1) is 25.0 Å². The highest BCUT2D eigenvalue weighted by atomic mass is 32.2. The van der Waals surface area contributed by atoms with Crippen molar-refractivity contribution in [3.63, 3.8) is 0 Å². The summed E-state index contributed by atoms with van der Waals surface area (Å²) < 4.78 is 18.0. The lowest BCUT2D eigenvalue weighted by Crippen LogP contribution is -2.15. The molecule has 3 aromatic rings. The Balaban J connectivity index is 1.58. The molecule has 0 fully saturated rings. The zero-order valence-corrected chi connectivity index (χ0v) is 19.6. The van der Waals surface area contributed by atoms with E-state index in [-0.39, 0.29) is 24.9 Å². The number of methoxy groups -OCH3 is 1. The molecule has 0 aliphatic rings. The third-order valence-electron chi connectivity index (χ3n) is 4.53. The van der Waals surface area contributed by atoms with E-state index in [0.29, 0.717) is 40.3 Å². The third-order valence-corrected chi connectivity index (χ3v) is 5.49. The van der Waals surface area contributed by atoms with E-state index in [1.54, 1.807) is 38.3 Å². The predicted octanol–water partition coefficient (Wildman–Crippen LogP) is 3.79. The van der Waals surface area contributed by atoms with Gasteiger partial charge in [0.15, 0.2) is 22.5 Å². The Kier molecular flexibility index (Phi) is 8.71. The van der Waals surface area contributed by atoms with E-state index in [1.807, 2.05) is 35.8 Å². The molecule has 0 saturated heterocycles. The molecule has 174 valence electrons. The molecule has 3 rings (SSSR count). The van der Waals surface area contributed by atoms with E-state index in [9.17, 15) is 9.59 Å². The van der Waals surface area contributed by atoms with Crippen molar-refractivity contribution < 1.29 is 23.8 Å². The summed E-state index contributed by atoms with van der Waals surface area (Å²) in [7, 11) is 1.59. The lowest BCUT2D eigenvalue weighted by molar-refractivity contribution is -0.113. The number of rotatable bonds is 11. The number of nitrogens with one attached hydrogen (secondary N) is 1. The van der Waals surface area contributed by atoms with Crippen LogP contribution in [-0.4, -0.2) is 46.1 Å². The molecule has 0 radical (unpaired) electrons. The van der Waals surface area contributed by atoms with Gasteiger partial charge in [-0.3, -0.25) is 4.79 Å². The van der Waals surface area contributed by atoms with Crippen LogP contribution in [0.25, 0.3) is 0 Å². The Labute approximate surface area is 196 Å². The summed E-state index contributed by atoms with van der Waals surface area (Å²) in [4.78, 5) is 24.3. The predicted molar refractivity (Wildman–Crippen MR) is 125 cm³/mol. The number of ether oxygens (including phenoxy) is 3. The first-order valence-corrected chi connectivity index (χ1v) is 11.4. The highest BCUT2D eigenvalue weighted by Gasteiger charge is 2.15. The molecule has 9 nitrogen and oxygen atoms in total. The molecule has 2 aromatic carbocycles. The average Bonchev–Trinajstić information content (AvgIpc) is 3.23. The fraction of sp³-hybridized carbons (Fsp3) is 0.304. The highest BCUT2D eigenvalue weighted by Crippen LogP contribution is 2.27. The number of thioether (sulfide) groups is 1. The number of anilines is 1. The monoisotopic (exact) mass is 470 g/mol. The summed E-state index contributed by atoms with van der Waals surface area (Å²) in [5.74, 6) is 1.38. The fourth-order valence-electron chi connectivity index (χ4n) is 3.00. The molecule has 0 unspecified atom stereocenters. The van der Waals surface area contributed by atoms with Crippen molar-refractivity contribution in [1.29, 1.82) is 0 Å². The van der Waals surface area contributed by atoms with Crippen molar-refractivity contribution in [2.75, 3.05) is 24.8 Å². The zero-order chi connectivity index (χ0) is 23.6. The molecule has 10 heteroatoms. The van der Waals surface area contributed by atoms with Crippen molar-refractivity contribution in [3.05, 3.63) is 59.9 Å². The minimum Gasteiger partial charge on any atom is -0.493 e. The lowest BCUT2D eigenvalue weighted by Gasteiger charge is -2.11. The Bertz CT molecular complexity index is 1100. The smallest absolute Gasteiger partial charge is 0.338 e. The number of nitrogens with zero attached hydrogens (tertiary/aromatic N) is 3. The highest BCUT2D eigenvalue weighted by molar-refractivity contribution is 7.99. The number of carbonyl (C=O) groups excluding carboxylic acids is 2. The first kappa shape index (κ1) is 24.1. The van der Waals surface area contributed by atoms with Crippen LogP contribution in [0.2, 0.25) is 0 Å². The van der Waals surface area contributed by atoms with Gasteiger partial charge in [0.25, 0.3) is 0 Å². The Morgan fingerprint density at radius 2 is 1.85 bits per heavy atom. The average molecular weight is 471 g/mol. The molecule has 1 N–H and O–H groups in total. The van der Waals surface area contributed by atoms with Crippen LogP contribution < -0.4 is 14.8 Å². The Morgan fingerprint density at radius 3 is 2.58 bits per heavy atom. The molecule has 0 aliphatic carbocycles. The van der Waals surface area contributed by atoms with E-state index in [2.05, 4.69) is 15.5 Å². The molecule has 0 aliphatic heterocycles. The Hall–Kier alpha value is -3.53. The molecule has 0 saturated carbocycles. The SMILES string of the molecule is CCOC(=O)c1cccc(NC(=O)CSc2nnc(COc3ccccc3OC)n2CC)c1. The molecule has 33 heavy (non-hydrogen) atoms. The largest absolute Gasteiger partial charge is 0.493 e. The minimum atomic E-state index is -0.429. The summed E-state index contributed by atoms with van der Waals surface area (Å²) >= 11 is 1.27. The maximum Gasteiger partial charge on any atom is 0.338 e. The van der Waals surface area contributed by atoms with Crippen LogP contribution in [0.3, 0.4) is 0 Å². The van der Waals surface area contributed by atoms with E-state index < -0.39 is 5.97 Å². The van der Waals surface area contributed by atoms with Crippen molar-refractivity contribution in [2.45, 2.75) is 32.2 Å². The Morgan fingerprint density at radius 1 is 1.06 bits per heavy atom. The van der Waals surface area contributed by atoms with Crippen LogP contribution in [-0.2, 0) is 22.7 Å². The van der Waals surface area contributed by atoms with Crippen LogP contribution in [0.5, 0.6) is 11.5 Å². The van der Waals surface area contributed by atoms with Crippen LogP contribution in [0.1, 0.15) is 30.0 Å². The molecule has 1 amide bonds. The third kappa shape index (κ3) is 6.48. The number of benzene rings is 2. The number of aromatic nitrogens is 3. The number of hydrogen-bond acceptors (Lipinski definition) is 8. The van der Waals surface area contributed by atoms with Crippen LogP contribution in [0.4, 0.5) is 5.69 Å². The van der Waals surface area contributed by atoms with Gasteiger partial charge in [-0.25, -0.2) is 4.79 Å². The molecule has 0 bridgehead atoms. The van der Waals surface area contributed by atoms with E-state index >= 15 is 0 Å². The van der Waals surface area contributed by atoms with Crippen molar-refractivity contribution in [3.8, 4) is 11.5 Å². The second kappa shape index (κ2) is 11.9. The summed E-state index contributed by atoms with van der Waals surface area (Å²) in [5.41, 5.74) is 0.904. The molecule has 1 aromatic heterocycles. The summed E-state index contributed by atoms with van der Waals surface area (Å²) in [5, 5.41) is 11.8. The summed E-state index contributed by atoms with van der Waals surface area (Å²) in [6.07, 6.45) is 0. The van der Waals surface area contributed by atoms with Gasteiger partial charge in [-0.05, 0) is 44.2 Å². The normalized spacial score (nSPS) is 10.5. The second-order valence-corrected chi connectivity index (χ2v) is 7.66. The lowest BCUT2D eigenvalue weighted by atomic mass is 10.2. The van der Waals surface area contributed by atoms with E-state index in [0.717, 1.165) is 0 Å². The maximum atomic E-state index is 12.4. The fourth-order valence-corrected chi connectivity index (χ4v) is 3.82. The first-order valence-electron chi connectivity index (χ1n) is 10.4. The van der Waals surface area contributed by atoms with Crippen LogP contribution >= 0.6 is 11.8 Å². The molecule has 0 spiro atoms. The number of amides is 1. The van der Waals surface area contributed by atoms with Gasteiger partial charge < -0.3 is 24.1 Å². The van der Waals surface area contributed by atoms with Crippen molar-refractivity contribution in [1.82, 2.24) is 14.8 Å². The van der Waals surface area contributed by atoms with E-state index in [4.69, 9.17) is 14.2 Å². The molecule has 1 heterocycles. The first-order chi connectivity index (χ1) is 16.0. The minimum absolute atomic E-state index is 0.134. The van der Waals surface area contributed by atoms with Crippen molar-refractivity contribution in [2.24, 2.45) is 0 Å². The molecule has 0 atom stereocenters. The van der Waals surface area contributed by atoms with Gasteiger partial charge in [-0.1, -0.05) is 30.0 Å².